The first kappa shape index (κ1) is 23.9. The number of hydrogen-bond donors (Lipinski definition) is 1. The average Bonchev–Trinajstić information content (AvgIpc) is 2.81. The molecule has 33 heavy (non-hydrogen) atoms. The smallest absolute Gasteiger partial charge is 0.261 e. The lowest BCUT2D eigenvalue weighted by atomic mass is 10.2. The van der Waals surface area contributed by atoms with Gasteiger partial charge in [0.25, 0.3) is 10.0 Å². The number of hydrogen-bond acceptors (Lipinski definition) is 6. The summed E-state index contributed by atoms with van der Waals surface area (Å²) in [4.78, 5) is 18.9. The van der Waals surface area contributed by atoms with Gasteiger partial charge in [-0.25, -0.2) is 13.4 Å². The van der Waals surface area contributed by atoms with Gasteiger partial charge >= 0.3 is 0 Å². The molecule has 168 valence electrons. The monoisotopic (exact) mass is 481 g/mol. The summed E-state index contributed by atoms with van der Waals surface area (Å²) in [6, 6.07) is 14.4. The Morgan fingerprint density at radius 1 is 1.06 bits per heavy atom. The molecule has 0 fully saturated rings. The molecular formula is C24H20ClN3O4S. The second-order valence-corrected chi connectivity index (χ2v) is 9.05. The van der Waals surface area contributed by atoms with Crippen LogP contribution in [-0.2, 0) is 14.8 Å². The number of anilines is 1. The lowest BCUT2D eigenvalue weighted by molar-refractivity contribution is 0.112. The van der Waals surface area contributed by atoms with Crippen LogP contribution < -0.4 is 4.72 Å². The van der Waals surface area contributed by atoms with Crippen LogP contribution in [0, 0.1) is 13.8 Å². The van der Waals surface area contributed by atoms with Gasteiger partial charge in [0.15, 0.2) is 18.4 Å². The number of pyridine rings is 1. The molecule has 1 aliphatic heterocycles. The SMILES string of the molecule is Cc1ccnc(C)c1.O=Cc1cc(Cl)ccc1NS(=O)(=O)c1ccc(C2=C=CN=CO2)cc1. The Balaban J connectivity index is 0.000000323. The third-order valence-corrected chi connectivity index (χ3v) is 5.98. The van der Waals surface area contributed by atoms with E-state index in [9.17, 15) is 13.2 Å². The van der Waals surface area contributed by atoms with Crippen LogP contribution in [0.25, 0.3) is 5.76 Å². The van der Waals surface area contributed by atoms with Crippen molar-refractivity contribution in [3.8, 4) is 0 Å². The molecule has 0 radical (unpaired) electrons. The van der Waals surface area contributed by atoms with Gasteiger partial charge in [0.05, 0.1) is 16.8 Å². The van der Waals surface area contributed by atoms with E-state index in [4.69, 9.17) is 16.3 Å². The van der Waals surface area contributed by atoms with E-state index in [1.807, 2.05) is 19.2 Å². The highest BCUT2D eigenvalue weighted by molar-refractivity contribution is 7.92. The van der Waals surface area contributed by atoms with Crippen molar-refractivity contribution in [2.24, 2.45) is 4.99 Å². The number of benzene rings is 2. The maximum Gasteiger partial charge on any atom is 0.261 e. The van der Waals surface area contributed by atoms with Crippen molar-refractivity contribution in [2.75, 3.05) is 4.72 Å². The molecule has 0 atom stereocenters. The van der Waals surface area contributed by atoms with Gasteiger partial charge in [0.1, 0.15) is 0 Å². The molecular weight excluding hydrogens is 462 g/mol. The molecule has 2 aromatic carbocycles. The minimum atomic E-state index is -3.86. The molecule has 4 rings (SSSR count). The maximum atomic E-state index is 12.5. The largest absolute Gasteiger partial charge is 0.437 e. The van der Waals surface area contributed by atoms with Crippen molar-refractivity contribution in [2.45, 2.75) is 18.7 Å². The van der Waals surface area contributed by atoms with E-state index in [1.165, 1.54) is 48.5 Å². The van der Waals surface area contributed by atoms with Crippen LogP contribution in [0.5, 0.6) is 0 Å². The molecule has 2 heterocycles. The molecule has 1 aromatic heterocycles. The molecule has 0 aliphatic carbocycles. The van der Waals surface area contributed by atoms with Gasteiger partial charge in [-0.3, -0.25) is 14.5 Å². The highest BCUT2D eigenvalue weighted by atomic mass is 35.5. The molecule has 1 aliphatic rings. The Morgan fingerprint density at radius 2 is 1.82 bits per heavy atom. The highest BCUT2D eigenvalue weighted by Crippen LogP contribution is 2.24. The Labute approximate surface area is 197 Å². The molecule has 0 unspecified atom stereocenters. The van der Waals surface area contributed by atoms with Crippen molar-refractivity contribution in [3.05, 3.63) is 100 Å². The Hall–Kier alpha value is -3.71. The number of nitrogens with zero attached hydrogens (tertiary/aromatic N) is 2. The molecule has 0 amide bonds. The Morgan fingerprint density at radius 3 is 2.39 bits per heavy atom. The first-order valence-electron chi connectivity index (χ1n) is 9.69. The summed E-state index contributed by atoms with van der Waals surface area (Å²) in [6.07, 6.45) is 5.07. The minimum Gasteiger partial charge on any atom is -0.437 e. The van der Waals surface area contributed by atoms with Crippen LogP contribution in [0.15, 0.2) is 82.6 Å². The lowest BCUT2D eigenvalue weighted by Gasteiger charge is -2.11. The van der Waals surface area contributed by atoms with Crippen molar-refractivity contribution in [1.82, 2.24) is 4.98 Å². The number of carbonyl (C=O) groups excluding carboxylic acids is 1. The normalized spacial score (nSPS) is 12.2. The number of aryl methyl sites for hydroxylation is 2. The van der Waals surface area contributed by atoms with E-state index in [0.717, 1.165) is 5.69 Å². The molecule has 0 bridgehead atoms. The van der Waals surface area contributed by atoms with Crippen LogP contribution in [0.2, 0.25) is 5.02 Å². The van der Waals surface area contributed by atoms with E-state index in [0.29, 0.717) is 22.6 Å². The van der Waals surface area contributed by atoms with Crippen molar-refractivity contribution < 1.29 is 17.9 Å². The molecule has 0 spiro atoms. The van der Waals surface area contributed by atoms with Crippen molar-refractivity contribution >= 4 is 45.8 Å². The number of halogens is 1. The molecule has 7 nitrogen and oxygen atoms in total. The maximum absolute atomic E-state index is 12.5. The van der Waals surface area contributed by atoms with E-state index in [-0.39, 0.29) is 16.1 Å². The zero-order chi connectivity index (χ0) is 23.8. The van der Waals surface area contributed by atoms with Gasteiger partial charge in [0, 0.05) is 28.0 Å². The van der Waals surface area contributed by atoms with E-state index < -0.39 is 10.0 Å². The third kappa shape index (κ3) is 6.63. The van der Waals surface area contributed by atoms with E-state index >= 15 is 0 Å². The van der Waals surface area contributed by atoms with Gasteiger partial charge < -0.3 is 4.74 Å². The van der Waals surface area contributed by atoms with Gasteiger partial charge in [-0.1, -0.05) is 17.3 Å². The number of aldehydes is 1. The van der Waals surface area contributed by atoms with Gasteiger partial charge in [0.2, 0.25) is 0 Å². The van der Waals surface area contributed by atoms with E-state index in [2.05, 4.69) is 33.4 Å². The van der Waals surface area contributed by atoms with Gasteiger partial charge in [-0.2, -0.15) is 0 Å². The minimum absolute atomic E-state index is 0.0390. The zero-order valence-corrected chi connectivity index (χ0v) is 19.4. The van der Waals surface area contributed by atoms with Crippen molar-refractivity contribution in [3.63, 3.8) is 0 Å². The number of sulfonamides is 1. The predicted molar refractivity (Wildman–Crippen MR) is 129 cm³/mol. The molecule has 9 heteroatoms. The quantitative estimate of drug-likeness (QED) is 0.400. The fraction of sp³-hybridized carbons (Fsp3) is 0.0833. The number of ether oxygens (including phenoxy) is 1. The zero-order valence-electron chi connectivity index (χ0n) is 17.8. The van der Waals surface area contributed by atoms with E-state index in [1.54, 1.807) is 12.1 Å². The van der Waals surface area contributed by atoms with Crippen LogP contribution in [0.1, 0.15) is 27.2 Å². The number of aliphatic imine (C=N–C) groups is 1. The number of rotatable bonds is 5. The average molecular weight is 482 g/mol. The summed E-state index contributed by atoms with van der Waals surface area (Å²) < 4.78 is 32.6. The van der Waals surface area contributed by atoms with Crippen LogP contribution >= 0.6 is 11.6 Å². The fourth-order valence-electron chi connectivity index (χ4n) is 2.80. The summed E-state index contributed by atoms with van der Waals surface area (Å²) in [5.74, 6) is 0.438. The number of aromatic nitrogens is 1. The summed E-state index contributed by atoms with van der Waals surface area (Å²) in [7, 11) is -3.86. The first-order chi connectivity index (χ1) is 15.8. The second kappa shape index (κ2) is 10.7. The molecule has 0 saturated heterocycles. The van der Waals surface area contributed by atoms with Gasteiger partial charge in [-0.15, -0.1) is 0 Å². The summed E-state index contributed by atoms with van der Waals surface area (Å²) in [5, 5.41) is 0.340. The Bertz CT molecular complexity index is 1340. The summed E-state index contributed by atoms with van der Waals surface area (Å²) >= 11 is 5.81. The summed E-state index contributed by atoms with van der Waals surface area (Å²) in [6.45, 7) is 4.06. The van der Waals surface area contributed by atoms with Crippen LogP contribution in [-0.4, -0.2) is 26.1 Å². The standard InChI is InChI=1S/C17H11ClN2O4S.C7H9N/c18-14-3-6-16(13(9-14)10-21)20-25(22,23)15-4-1-12(2-5-15)17-7-8-19-11-24-17;1-6-3-4-8-7(2)5-6/h1-6,8-11,20H;3-5H,1-2H3. The van der Waals surface area contributed by atoms with Crippen LogP contribution in [0.4, 0.5) is 5.69 Å². The number of nitrogens with one attached hydrogen (secondary N) is 1. The number of carbonyl (C=O) groups is 1. The molecule has 1 N–H and O–H groups in total. The second-order valence-electron chi connectivity index (χ2n) is 6.93. The topological polar surface area (TPSA) is 97.7 Å². The highest BCUT2D eigenvalue weighted by Gasteiger charge is 2.17. The van der Waals surface area contributed by atoms with Crippen LogP contribution in [0.3, 0.4) is 0 Å². The van der Waals surface area contributed by atoms with Gasteiger partial charge in [-0.05, 0) is 74.0 Å². The predicted octanol–water partition coefficient (Wildman–Crippen LogP) is 5.16. The van der Waals surface area contributed by atoms with Crippen molar-refractivity contribution in [1.29, 1.82) is 0 Å². The fourth-order valence-corrected chi connectivity index (χ4v) is 4.06. The third-order valence-electron chi connectivity index (χ3n) is 4.37. The summed E-state index contributed by atoms with van der Waals surface area (Å²) in [5.41, 5.74) is 6.13. The first-order valence-corrected chi connectivity index (χ1v) is 11.6. The molecule has 3 aromatic rings. The Kier molecular flexibility index (Phi) is 7.79. The molecule has 0 saturated carbocycles. The lowest BCUT2D eigenvalue weighted by Crippen LogP contribution is -2.14.